The van der Waals surface area contributed by atoms with Gasteiger partial charge in [0.1, 0.15) is 0 Å². The summed E-state index contributed by atoms with van der Waals surface area (Å²) in [5.41, 5.74) is 0. The van der Waals surface area contributed by atoms with Crippen molar-refractivity contribution in [3.05, 3.63) is 19.5 Å². The highest BCUT2D eigenvalue weighted by Gasteiger charge is 1.91. The van der Waals surface area contributed by atoms with Crippen molar-refractivity contribution in [1.29, 1.82) is 0 Å². The van der Waals surface area contributed by atoms with Crippen LogP contribution in [0.1, 0.15) is 27.7 Å². The van der Waals surface area contributed by atoms with Crippen LogP contribution in [0.5, 0.6) is 0 Å². The molecule has 1 rings (SSSR count). The van der Waals surface area contributed by atoms with Gasteiger partial charge in [-0.1, -0.05) is 24.3 Å². The van der Waals surface area contributed by atoms with Crippen molar-refractivity contribution >= 4 is 35.6 Å². The summed E-state index contributed by atoms with van der Waals surface area (Å²) in [4.78, 5) is 0. The number of hydrogen-bond donors (Lipinski definition) is 0. The Balaban J connectivity index is 4.01. The average Bonchev–Trinajstić information content (AvgIpc) is 2.54. The number of rotatable bonds is 0. The van der Waals surface area contributed by atoms with E-state index in [0.717, 1.165) is 0 Å². The van der Waals surface area contributed by atoms with Gasteiger partial charge < -0.3 is 0 Å². The molecule has 0 saturated carbocycles. The molecule has 1 aromatic rings. The lowest BCUT2D eigenvalue weighted by Crippen LogP contribution is -2.36. The van der Waals surface area contributed by atoms with E-state index >= 15 is 0 Å². The van der Waals surface area contributed by atoms with Crippen LogP contribution < -0.4 is 19.5 Å². The largest absolute Gasteiger partial charge is 0.136 e. The van der Waals surface area contributed by atoms with E-state index in [1.165, 1.54) is 19.5 Å². The number of hydrogen-bond acceptors (Lipinski definition) is 1. The first-order valence-electron chi connectivity index (χ1n) is 4.62. The zero-order chi connectivity index (χ0) is 9.84. The Hall–Kier alpha value is -0.820. The van der Waals surface area contributed by atoms with Crippen LogP contribution in [-0.2, 0) is 0 Å². The fourth-order valence-corrected chi connectivity index (χ4v) is 2.67. The van der Waals surface area contributed by atoms with Crippen LogP contribution in [0.2, 0.25) is 0 Å². The van der Waals surface area contributed by atoms with E-state index in [-0.39, 0.29) is 0 Å². The average molecular weight is 192 g/mol. The summed E-state index contributed by atoms with van der Waals surface area (Å²) < 4.78 is 2.76. The molecule has 0 aliphatic heterocycles. The Kier molecular flexibility index (Phi) is 3.49. The third-order valence-corrected chi connectivity index (χ3v) is 3.49. The molecule has 0 amide bonds. The van der Waals surface area contributed by atoms with Crippen molar-refractivity contribution < 1.29 is 0 Å². The van der Waals surface area contributed by atoms with Crippen molar-refractivity contribution in [2.45, 2.75) is 27.7 Å². The first-order chi connectivity index (χ1) is 6.28. The minimum atomic E-state index is 1.38. The third kappa shape index (κ3) is 1.75. The standard InChI is InChI=1S/C12H16S/c1-5-9-10(6-2)12(8-4)13-11(9)7-3/h5-8H,1-4H3/b9-5-,10-6?,11-7+,12-8+. The summed E-state index contributed by atoms with van der Waals surface area (Å²) in [6, 6.07) is 0. The topological polar surface area (TPSA) is 0 Å². The molecule has 0 bridgehead atoms. The fourth-order valence-electron chi connectivity index (χ4n) is 1.52. The van der Waals surface area contributed by atoms with Crippen LogP contribution in [0.4, 0.5) is 0 Å². The van der Waals surface area contributed by atoms with Crippen LogP contribution >= 0.6 is 11.3 Å². The van der Waals surface area contributed by atoms with Gasteiger partial charge in [-0.15, -0.1) is 11.3 Å². The van der Waals surface area contributed by atoms with E-state index in [9.17, 15) is 0 Å². The smallest absolute Gasteiger partial charge is 0.0309 e. The summed E-state index contributed by atoms with van der Waals surface area (Å²) in [5.74, 6) is 0. The molecule has 1 heterocycles. The predicted octanol–water partition coefficient (Wildman–Crippen LogP) is 0.950. The Labute approximate surface area is 83.2 Å². The van der Waals surface area contributed by atoms with Gasteiger partial charge in [0.2, 0.25) is 0 Å². The minimum Gasteiger partial charge on any atom is -0.136 e. The molecule has 0 saturated heterocycles. The zero-order valence-corrected chi connectivity index (χ0v) is 9.53. The van der Waals surface area contributed by atoms with E-state index in [4.69, 9.17) is 0 Å². The van der Waals surface area contributed by atoms with E-state index in [1.54, 1.807) is 0 Å². The fraction of sp³-hybridized carbons (Fsp3) is 0.333. The molecule has 13 heavy (non-hydrogen) atoms. The lowest BCUT2D eigenvalue weighted by molar-refractivity contribution is 1.53. The van der Waals surface area contributed by atoms with Gasteiger partial charge in [0.15, 0.2) is 0 Å². The molecule has 0 N–H and O–H groups in total. The van der Waals surface area contributed by atoms with E-state index in [1.807, 2.05) is 11.3 Å². The highest BCUT2D eigenvalue weighted by molar-refractivity contribution is 7.07. The summed E-state index contributed by atoms with van der Waals surface area (Å²) in [6.07, 6.45) is 8.74. The second kappa shape index (κ2) is 4.43. The molecule has 1 heteroatoms. The van der Waals surface area contributed by atoms with Crippen molar-refractivity contribution in [3.63, 3.8) is 0 Å². The Bertz CT molecular complexity index is 454. The van der Waals surface area contributed by atoms with Crippen LogP contribution in [0.15, 0.2) is 0 Å². The van der Waals surface area contributed by atoms with E-state index in [2.05, 4.69) is 52.0 Å². The molecule has 0 aliphatic carbocycles. The quantitative estimate of drug-likeness (QED) is 0.574. The Morgan fingerprint density at radius 1 is 0.692 bits per heavy atom. The molecule has 0 fully saturated rings. The van der Waals surface area contributed by atoms with Crippen molar-refractivity contribution in [2.75, 3.05) is 0 Å². The molecule has 0 aliphatic rings. The lowest BCUT2D eigenvalue weighted by Gasteiger charge is -1.77. The Morgan fingerprint density at radius 2 is 1.08 bits per heavy atom. The summed E-state index contributed by atoms with van der Waals surface area (Å²) in [6.45, 7) is 8.39. The van der Waals surface area contributed by atoms with Gasteiger partial charge in [-0.3, -0.25) is 0 Å². The van der Waals surface area contributed by atoms with Crippen LogP contribution in [0.25, 0.3) is 24.3 Å². The second-order valence-corrected chi connectivity index (χ2v) is 3.90. The molecule has 0 aromatic carbocycles. The first kappa shape index (κ1) is 10.3. The summed E-state index contributed by atoms with van der Waals surface area (Å²) >= 11 is 1.86. The molecule has 0 spiro atoms. The molecule has 1 aromatic heterocycles. The molecular formula is C12H16S. The highest BCUT2D eigenvalue weighted by Crippen LogP contribution is 1.70. The van der Waals surface area contributed by atoms with Gasteiger partial charge in [-0.25, -0.2) is 0 Å². The summed E-state index contributed by atoms with van der Waals surface area (Å²) in [5, 5.41) is 2.76. The van der Waals surface area contributed by atoms with Gasteiger partial charge in [0.25, 0.3) is 0 Å². The highest BCUT2D eigenvalue weighted by atomic mass is 32.1. The maximum Gasteiger partial charge on any atom is 0.0309 e. The number of thiophene rings is 1. The van der Waals surface area contributed by atoms with Crippen molar-refractivity contribution in [3.8, 4) is 0 Å². The van der Waals surface area contributed by atoms with Crippen molar-refractivity contribution in [2.24, 2.45) is 0 Å². The van der Waals surface area contributed by atoms with Crippen LogP contribution in [0.3, 0.4) is 0 Å². The van der Waals surface area contributed by atoms with E-state index in [0.29, 0.717) is 0 Å². The minimum absolute atomic E-state index is 1.38. The van der Waals surface area contributed by atoms with E-state index < -0.39 is 0 Å². The van der Waals surface area contributed by atoms with Crippen LogP contribution in [0, 0.1) is 0 Å². The van der Waals surface area contributed by atoms with Gasteiger partial charge in [0, 0.05) is 9.06 Å². The SMILES string of the molecule is CC=c1c(=C/C)/c(=C\C)s/c1=C/C. The van der Waals surface area contributed by atoms with Gasteiger partial charge in [-0.2, -0.15) is 0 Å². The maximum atomic E-state index is 2.19. The molecule has 0 nitrogen and oxygen atoms in total. The normalized spacial score (nSPS) is 17.5. The zero-order valence-electron chi connectivity index (χ0n) is 8.72. The van der Waals surface area contributed by atoms with Gasteiger partial charge in [0.05, 0.1) is 0 Å². The maximum absolute atomic E-state index is 2.19. The molecular weight excluding hydrogens is 176 g/mol. The molecule has 0 radical (unpaired) electrons. The molecule has 70 valence electrons. The second-order valence-electron chi connectivity index (χ2n) is 2.81. The van der Waals surface area contributed by atoms with Crippen molar-refractivity contribution in [1.82, 2.24) is 0 Å². The van der Waals surface area contributed by atoms with Crippen LogP contribution in [-0.4, -0.2) is 0 Å². The Morgan fingerprint density at radius 3 is 1.31 bits per heavy atom. The summed E-state index contributed by atoms with van der Waals surface area (Å²) in [7, 11) is 0. The first-order valence-corrected chi connectivity index (χ1v) is 5.44. The predicted molar refractivity (Wildman–Crippen MR) is 63.4 cm³/mol. The lowest BCUT2D eigenvalue weighted by atomic mass is 10.3. The third-order valence-electron chi connectivity index (χ3n) is 2.14. The van der Waals surface area contributed by atoms with Gasteiger partial charge in [-0.05, 0) is 38.1 Å². The van der Waals surface area contributed by atoms with Gasteiger partial charge >= 0.3 is 0 Å². The monoisotopic (exact) mass is 192 g/mol. The molecule has 0 unspecified atom stereocenters. The molecule has 0 atom stereocenters.